The van der Waals surface area contributed by atoms with Crippen LogP contribution < -0.4 is 5.32 Å². The summed E-state index contributed by atoms with van der Waals surface area (Å²) in [5.41, 5.74) is 0. The van der Waals surface area contributed by atoms with Gasteiger partial charge in [-0.3, -0.25) is 4.79 Å². The van der Waals surface area contributed by atoms with E-state index >= 15 is 0 Å². The molecule has 0 heterocycles. The highest BCUT2D eigenvalue weighted by molar-refractivity contribution is 5.76. The topological polar surface area (TPSA) is 69.6 Å². The number of unbranched alkanes of at least 4 members (excludes halogenated alkanes) is 47. The molecule has 0 aliphatic heterocycles. The van der Waals surface area contributed by atoms with E-state index in [2.05, 4.69) is 92.1 Å². The van der Waals surface area contributed by atoms with Crippen molar-refractivity contribution in [3.05, 3.63) is 85.1 Å². The number of nitrogens with one attached hydrogen (secondary N) is 1. The fourth-order valence-corrected chi connectivity index (χ4v) is 11.0. The van der Waals surface area contributed by atoms with Gasteiger partial charge in [0.1, 0.15) is 0 Å². The van der Waals surface area contributed by atoms with Gasteiger partial charge < -0.3 is 15.5 Å². The van der Waals surface area contributed by atoms with Crippen molar-refractivity contribution in [1.29, 1.82) is 0 Å². The lowest BCUT2D eigenvalue weighted by molar-refractivity contribution is -0.123. The van der Waals surface area contributed by atoms with Crippen LogP contribution in [0, 0.1) is 0 Å². The van der Waals surface area contributed by atoms with Crippen molar-refractivity contribution in [1.82, 2.24) is 5.32 Å². The smallest absolute Gasteiger partial charge is 0.220 e. The van der Waals surface area contributed by atoms with Crippen molar-refractivity contribution >= 4 is 5.91 Å². The Bertz CT molecular complexity index is 1400. The molecule has 3 N–H and O–H groups in total. The molecular formula is C76H139NO3. The number of allylic oxidation sites excluding steroid dienone is 13. The van der Waals surface area contributed by atoms with Crippen LogP contribution in [0.2, 0.25) is 0 Å². The monoisotopic (exact) mass is 1110 g/mol. The van der Waals surface area contributed by atoms with Gasteiger partial charge in [-0.15, -0.1) is 0 Å². The molecule has 0 aliphatic carbocycles. The number of carbonyl (C=O) groups is 1. The molecule has 0 fully saturated rings. The molecule has 4 heteroatoms. The number of carbonyl (C=O) groups excluding carboxylic acids is 1. The van der Waals surface area contributed by atoms with E-state index in [0.29, 0.717) is 6.42 Å². The number of aliphatic hydroxyl groups excluding tert-OH is 2. The molecule has 1 amide bonds. The lowest BCUT2D eigenvalue weighted by atomic mass is 10.0. The van der Waals surface area contributed by atoms with E-state index in [0.717, 1.165) is 64.2 Å². The minimum absolute atomic E-state index is 0.0579. The van der Waals surface area contributed by atoms with Crippen LogP contribution in [0.25, 0.3) is 0 Å². The first-order chi connectivity index (χ1) is 39.7. The Morgan fingerprint density at radius 3 is 0.825 bits per heavy atom. The largest absolute Gasteiger partial charge is 0.394 e. The predicted molar refractivity (Wildman–Crippen MR) is 359 cm³/mol. The average molecular weight is 1110 g/mol. The maximum atomic E-state index is 12.5. The number of amides is 1. The molecule has 0 aromatic carbocycles. The van der Waals surface area contributed by atoms with Gasteiger partial charge in [-0.1, -0.05) is 381 Å². The third-order valence-electron chi connectivity index (χ3n) is 16.4. The minimum Gasteiger partial charge on any atom is -0.394 e. The van der Waals surface area contributed by atoms with Gasteiger partial charge in [0.15, 0.2) is 0 Å². The molecule has 2 atom stereocenters. The summed E-state index contributed by atoms with van der Waals surface area (Å²) in [5, 5.41) is 23.3. The van der Waals surface area contributed by atoms with Crippen LogP contribution in [0.15, 0.2) is 85.1 Å². The standard InChI is InChI=1S/C76H139NO3/c1-3-5-7-9-11-13-15-17-19-21-23-25-27-29-31-32-33-34-35-36-37-38-39-40-41-42-43-44-46-48-50-52-54-56-58-60-62-64-66-68-70-72-76(80)77-74(73-78)75(79)71-69-67-65-63-61-59-57-55-53-51-49-47-45-30-28-26-24-22-20-18-16-14-12-10-8-6-4-2/h5,7,11,13,17,19,23,25,29,31,33-34,69,71,74-75,78-79H,3-4,6,8-10,12,14-16,18,20-22,24,26-28,30,32,35-68,70,72-73H2,1-2H3,(H,77,80)/b7-5-,13-11-,19-17-,25-23-,31-29-,34-33-,71-69+. The van der Waals surface area contributed by atoms with Crippen LogP contribution in [0.1, 0.15) is 373 Å². The Labute approximate surface area is 501 Å². The van der Waals surface area contributed by atoms with Crippen LogP contribution in [0.5, 0.6) is 0 Å². The van der Waals surface area contributed by atoms with E-state index < -0.39 is 12.1 Å². The molecule has 80 heavy (non-hydrogen) atoms. The first-order valence-electron chi connectivity index (χ1n) is 35.8. The van der Waals surface area contributed by atoms with Gasteiger partial charge in [0.2, 0.25) is 5.91 Å². The molecule has 0 saturated heterocycles. The molecule has 4 nitrogen and oxygen atoms in total. The summed E-state index contributed by atoms with van der Waals surface area (Å²) in [6.07, 6.45) is 104. The summed E-state index contributed by atoms with van der Waals surface area (Å²) in [5.74, 6) is -0.0579. The van der Waals surface area contributed by atoms with Crippen molar-refractivity contribution in [3.8, 4) is 0 Å². The van der Waals surface area contributed by atoms with E-state index in [1.165, 1.54) is 289 Å². The second-order valence-electron chi connectivity index (χ2n) is 24.3. The highest BCUT2D eigenvalue weighted by atomic mass is 16.3. The number of rotatable bonds is 66. The van der Waals surface area contributed by atoms with E-state index in [4.69, 9.17) is 0 Å². The minimum atomic E-state index is -0.842. The Morgan fingerprint density at radius 2 is 0.550 bits per heavy atom. The molecule has 0 rings (SSSR count). The van der Waals surface area contributed by atoms with Crippen LogP contribution in [0.4, 0.5) is 0 Å². The Kier molecular flexibility index (Phi) is 68.7. The zero-order valence-electron chi connectivity index (χ0n) is 53.8. The van der Waals surface area contributed by atoms with Gasteiger partial charge >= 0.3 is 0 Å². The molecule has 0 aromatic heterocycles. The summed E-state index contributed by atoms with van der Waals surface area (Å²) >= 11 is 0. The van der Waals surface area contributed by atoms with Gasteiger partial charge in [0.25, 0.3) is 0 Å². The first kappa shape index (κ1) is 77.6. The van der Waals surface area contributed by atoms with E-state index in [-0.39, 0.29) is 12.5 Å². The van der Waals surface area contributed by atoms with Crippen molar-refractivity contribution in [2.45, 2.75) is 386 Å². The predicted octanol–water partition coefficient (Wildman–Crippen LogP) is 24.6. The molecule has 2 unspecified atom stereocenters. The molecule has 466 valence electrons. The zero-order valence-corrected chi connectivity index (χ0v) is 53.8. The molecule has 0 radical (unpaired) electrons. The maximum Gasteiger partial charge on any atom is 0.220 e. The summed E-state index contributed by atoms with van der Waals surface area (Å²) in [6, 6.07) is -0.625. The van der Waals surface area contributed by atoms with Crippen molar-refractivity contribution in [3.63, 3.8) is 0 Å². The van der Waals surface area contributed by atoms with Gasteiger partial charge in [0.05, 0.1) is 18.8 Å². The number of hydrogen-bond acceptors (Lipinski definition) is 3. The third kappa shape index (κ3) is 66.4. The second-order valence-corrected chi connectivity index (χ2v) is 24.3. The van der Waals surface area contributed by atoms with Crippen LogP contribution in [-0.2, 0) is 4.79 Å². The zero-order chi connectivity index (χ0) is 57.6. The van der Waals surface area contributed by atoms with Gasteiger partial charge in [-0.05, 0) is 70.6 Å². The van der Waals surface area contributed by atoms with E-state index in [1.807, 2.05) is 6.08 Å². The molecular weight excluding hydrogens is 975 g/mol. The second kappa shape index (κ2) is 70.8. The van der Waals surface area contributed by atoms with Gasteiger partial charge in [-0.25, -0.2) is 0 Å². The van der Waals surface area contributed by atoms with Crippen molar-refractivity contribution < 1.29 is 15.0 Å². The molecule has 0 spiro atoms. The Hall–Kier alpha value is -2.43. The van der Waals surface area contributed by atoms with Crippen molar-refractivity contribution in [2.75, 3.05) is 6.61 Å². The molecule has 0 bridgehead atoms. The van der Waals surface area contributed by atoms with Gasteiger partial charge in [0, 0.05) is 6.42 Å². The first-order valence-corrected chi connectivity index (χ1v) is 35.8. The van der Waals surface area contributed by atoms with Crippen molar-refractivity contribution in [2.24, 2.45) is 0 Å². The highest BCUT2D eigenvalue weighted by Gasteiger charge is 2.18. The molecule has 0 saturated carbocycles. The normalized spacial score (nSPS) is 13.2. The van der Waals surface area contributed by atoms with Crippen LogP contribution >= 0.6 is 0 Å². The van der Waals surface area contributed by atoms with E-state index in [1.54, 1.807) is 6.08 Å². The summed E-state index contributed by atoms with van der Waals surface area (Å²) < 4.78 is 0. The Balaban J connectivity index is 3.44. The maximum absolute atomic E-state index is 12.5. The summed E-state index contributed by atoms with van der Waals surface area (Å²) in [4.78, 5) is 12.5. The summed E-state index contributed by atoms with van der Waals surface area (Å²) in [7, 11) is 0. The average Bonchev–Trinajstić information content (AvgIpc) is 3.46. The SMILES string of the molecule is CC/C=C\C/C=C\C/C=C\C/C=C\C/C=C\C/C=C\CCCCCCCCCCCCCCCCCCCCCCCCC(=O)NC(CO)C(O)/C=C/CCCCCCCCCCCCCCCCCCCCCCCCCCC. The lowest BCUT2D eigenvalue weighted by Gasteiger charge is -2.20. The highest BCUT2D eigenvalue weighted by Crippen LogP contribution is 2.19. The Morgan fingerprint density at radius 1 is 0.312 bits per heavy atom. The third-order valence-corrected chi connectivity index (χ3v) is 16.4. The van der Waals surface area contributed by atoms with Crippen LogP contribution in [-0.4, -0.2) is 34.9 Å². The molecule has 0 aromatic rings. The number of hydrogen-bond donors (Lipinski definition) is 3. The summed E-state index contributed by atoms with van der Waals surface area (Å²) in [6.45, 7) is 4.23. The van der Waals surface area contributed by atoms with Crippen LogP contribution in [0.3, 0.4) is 0 Å². The fraction of sp³-hybridized carbons (Fsp3) is 0.803. The molecule has 0 aliphatic rings. The van der Waals surface area contributed by atoms with Gasteiger partial charge in [-0.2, -0.15) is 0 Å². The quantitative estimate of drug-likeness (QED) is 0.0420. The lowest BCUT2D eigenvalue weighted by Crippen LogP contribution is -2.45. The number of aliphatic hydroxyl groups is 2. The fourth-order valence-electron chi connectivity index (χ4n) is 11.0. The van der Waals surface area contributed by atoms with E-state index in [9.17, 15) is 15.0 Å².